The Balaban J connectivity index is 1.17. The Labute approximate surface area is 170 Å². The summed E-state index contributed by atoms with van der Waals surface area (Å²) in [5.74, 6) is 2.35. The molecule has 1 saturated carbocycles. The normalized spacial score (nSPS) is 24.4. The van der Waals surface area contributed by atoms with Crippen molar-refractivity contribution in [3.63, 3.8) is 0 Å². The molecule has 4 rings (SSSR count). The van der Waals surface area contributed by atoms with E-state index in [4.69, 9.17) is 5.73 Å². The van der Waals surface area contributed by atoms with Crippen molar-refractivity contribution in [2.24, 2.45) is 17.8 Å². The van der Waals surface area contributed by atoms with E-state index in [1.807, 2.05) is 18.2 Å². The quantitative estimate of drug-likeness (QED) is 0.707. The van der Waals surface area contributed by atoms with E-state index in [1.165, 1.54) is 23.8 Å². The predicted molar refractivity (Wildman–Crippen MR) is 112 cm³/mol. The molecule has 1 amide bonds. The number of fused-ring (bicyclic) bond motifs is 1. The summed E-state index contributed by atoms with van der Waals surface area (Å²) in [5.41, 5.74) is 7.56. The molecule has 5 nitrogen and oxygen atoms in total. The number of carbonyl (C=O) groups excluding carboxylic acids is 1. The number of halogens is 1. The van der Waals surface area contributed by atoms with Crippen LogP contribution in [0.3, 0.4) is 0 Å². The van der Waals surface area contributed by atoms with Crippen LogP contribution in [0.15, 0.2) is 48.7 Å². The molecule has 2 fully saturated rings. The number of aromatic nitrogens is 1. The van der Waals surface area contributed by atoms with Gasteiger partial charge < -0.3 is 11.1 Å². The van der Waals surface area contributed by atoms with Gasteiger partial charge in [-0.05, 0) is 72.6 Å². The van der Waals surface area contributed by atoms with Crippen molar-refractivity contribution in [3.8, 4) is 0 Å². The number of amides is 1. The molecule has 1 aromatic heterocycles. The predicted octanol–water partition coefficient (Wildman–Crippen LogP) is 3.26. The molecule has 2 heterocycles. The fourth-order valence-corrected chi connectivity index (χ4v) is 4.49. The first-order chi connectivity index (χ1) is 14.0. The molecular formula is C23H27FN4O. The summed E-state index contributed by atoms with van der Waals surface area (Å²) in [6, 6.07) is 10.7. The molecule has 0 radical (unpaired) electrons. The Morgan fingerprint density at radius 2 is 2.00 bits per heavy atom. The summed E-state index contributed by atoms with van der Waals surface area (Å²) in [7, 11) is 0. The van der Waals surface area contributed by atoms with E-state index in [1.54, 1.807) is 18.3 Å². The van der Waals surface area contributed by atoms with Gasteiger partial charge in [-0.25, -0.2) is 9.37 Å². The smallest absolute Gasteiger partial charge is 0.244 e. The van der Waals surface area contributed by atoms with E-state index in [-0.39, 0.29) is 11.7 Å². The topological polar surface area (TPSA) is 71.2 Å². The first-order valence-electron chi connectivity index (χ1n) is 10.2. The second kappa shape index (κ2) is 8.33. The number of pyridine rings is 1. The van der Waals surface area contributed by atoms with Gasteiger partial charge in [-0.3, -0.25) is 9.69 Å². The molecule has 1 aliphatic heterocycles. The van der Waals surface area contributed by atoms with Gasteiger partial charge >= 0.3 is 0 Å². The van der Waals surface area contributed by atoms with E-state index < -0.39 is 0 Å². The maximum absolute atomic E-state index is 13.1. The molecule has 1 saturated heterocycles. The number of nitrogens with one attached hydrogen (secondary N) is 1. The average molecular weight is 394 g/mol. The van der Waals surface area contributed by atoms with Crippen LogP contribution >= 0.6 is 0 Å². The Hall–Kier alpha value is -2.73. The number of nitrogen functional groups attached to an aromatic ring is 1. The fraction of sp³-hybridized carbons (Fsp3) is 0.391. The van der Waals surface area contributed by atoms with Crippen molar-refractivity contribution in [1.29, 1.82) is 0 Å². The van der Waals surface area contributed by atoms with Gasteiger partial charge in [-0.15, -0.1) is 0 Å². The highest BCUT2D eigenvalue weighted by Gasteiger charge is 2.55. The summed E-state index contributed by atoms with van der Waals surface area (Å²) in [4.78, 5) is 18.5. The minimum atomic E-state index is -0.188. The third-order valence-corrected chi connectivity index (χ3v) is 6.31. The second-order valence-electron chi connectivity index (χ2n) is 8.10. The SMILES string of the molecule is CC(c1ccc(F)cc1)N1C[C@@H]2C(CCNC(=O)/C=C/c3ccc(N)nc3)[C@@H]2C1. The maximum Gasteiger partial charge on any atom is 0.244 e. The van der Waals surface area contributed by atoms with Crippen LogP contribution in [0.25, 0.3) is 6.08 Å². The molecule has 152 valence electrons. The van der Waals surface area contributed by atoms with Crippen LogP contribution in [0.2, 0.25) is 0 Å². The lowest BCUT2D eigenvalue weighted by Crippen LogP contribution is -2.29. The summed E-state index contributed by atoms with van der Waals surface area (Å²) in [6.45, 7) is 5.07. The van der Waals surface area contributed by atoms with Gasteiger partial charge in [0.25, 0.3) is 0 Å². The van der Waals surface area contributed by atoms with E-state index in [0.29, 0.717) is 24.3 Å². The van der Waals surface area contributed by atoms with Gasteiger partial charge in [-0.1, -0.05) is 12.1 Å². The van der Waals surface area contributed by atoms with Gasteiger partial charge in [0, 0.05) is 37.9 Å². The molecule has 6 heteroatoms. The van der Waals surface area contributed by atoms with Gasteiger partial charge in [0.05, 0.1) is 0 Å². The Morgan fingerprint density at radius 3 is 2.66 bits per heavy atom. The third-order valence-electron chi connectivity index (χ3n) is 6.31. The summed E-state index contributed by atoms with van der Waals surface area (Å²) in [5, 5.41) is 2.97. The zero-order valence-corrected chi connectivity index (χ0v) is 16.6. The molecule has 4 atom stereocenters. The highest BCUT2D eigenvalue weighted by atomic mass is 19.1. The molecule has 0 bridgehead atoms. The number of rotatable bonds is 7. The summed E-state index contributed by atoms with van der Waals surface area (Å²) < 4.78 is 13.1. The molecule has 0 spiro atoms. The van der Waals surface area contributed by atoms with Crippen molar-refractivity contribution in [3.05, 3.63) is 65.6 Å². The number of nitrogens with two attached hydrogens (primary N) is 1. The number of carbonyl (C=O) groups is 1. The lowest BCUT2D eigenvalue weighted by molar-refractivity contribution is -0.116. The number of piperidine rings is 1. The molecule has 1 aliphatic carbocycles. The van der Waals surface area contributed by atoms with E-state index >= 15 is 0 Å². The third kappa shape index (κ3) is 4.65. The first kappa shape index (κ1) is 19.6. The number of anilines is 1. The van der Waals surface area contributed by atoms with Crippen LogP contribution < -0.4 is 11.1 Å². The van der Waals surface area contributed by atoms with Crippen molar-refractivity contribution < 1.29 is 9.18 Å². The van der Waals surface area contributed by atoms with Crippen molar-refractivity contribution in [2.45, 2.75) is 19.4 Å². The van der Waals surface area contributed by atoms with Crippen LogP contribution in [0.1, 0.15) is 30.5 Å². The van der Waals surface area contributed by atoms with Gasteiger partial charge in [-0.2, -0.15) is 0 Å². The Morgan fingerprint density at radius 1 is 1.28 bits per heavy atom. The van der Waals surface area contributed by atoms with Gasteiger partial charge in [0.2, 0.25) is 5.91 Å². The first-order valence-corrected chi connectivity index (χ1v) is 10.2. The van der Waals surface area contributed by atoms with Crippen LogP contribution in [0.5, 0.6) is 0 Å². The molecule has 1 aromatic carbocycles. The molecule has 2 aromatic rings. The number of benzene rings is 1. The minimum Gasteiger partial charge on any atom is -0.384 e. The molecule has 2 unspecified atom stereocenters. The fourth-order valence-electron chi connectivity index (χ4n) is 4.49. The molecule has 29 heavy (non-hydrogen) atoms. The number of likely N-dealkylation sites (tertiary alicyclic amines) is 1. The average Bonchev–Trinajstić information content (AvgIpc) is 3.16. The van der Waals surface area contributed by atoms with E-state index in [0.717, 1.165) is 36.9 Å². The van der Waals surface area contributed by atoms with E-state index in [2.05, 4.69) is 22.1 Å². The zero-order valence-electron chi connectivity index (χ0n) is 16.6. The molecule has 2 aliphatic rings. The van der Waals surface area contributed by atoms with Crippen LogP contribution in [0.4, 0.5) is 10.2 Å². The number of hydrogen-bond donors (Lipinski definition) is 2. The minimum absolute atomic E-state index is 0.0841. The zero-order chi connectivity index (χ0) is 20.4. The number of nitrogens with zero attached hydrogens (tertiary/aromatic N) is 2. The molecular weight excluding hydrogens is 367 g/mol. The van der Waals surface area contributed by atoms with Gasteiger partial charge in [0.15, 0.2) is 0 Å². The number of hydrogen-bond acceptors (Lipinski definition) is 4. The van der Waals surface area contributed by atoms with Crippen LogP contribution in [-0.4, -0.2) is 35.4 Å². The van der Waals surface area contributed by atoms with Crippen LogP contribution in [0, 0.1) is 23.6 Å². The highest BCUT2D eigenvalue weighted by molar-refractivity contribution is 5.91. The largest absolute Gasteiger partial charge is 0.384 e. The standard InChI is InChI=1S/C23H27FN4O/c1-15(17-4-6-18(24)7-5-17)28-13-20-19(21(20)14-28)10-11-26-23(29)9-3-16-2-8-22(25)27-12-16/h2-9,12,15,19-21H,10-11,13-14H2,1H3,(H2,25,27)(H,26,29)/b9-3+/t15?,19?,20-,21+. The highest BCUT2D eigenvalue weighted by Crippen LogP contribution is 2.54. The van der Waals surface area contributed by atoms with Crippen molar-refractivity contribution >= 4 is 17.8 Å². The van der Waals surface area contributed by atoms with Crippen LogP contribution in [-0.2, 0) is 4.79 Å². The van der Waals surface area contributed by atoms with Gasteiger partial charge in [0.1, 0.15) is 11.6 Å². The van der Waals surface area contributed by atoms with Crippen molar-refractivity contribution in [1.82, 2.24) is 15.2 Å². The second-order valence-corrected chi connectivity index (χ2v) is 8.10. The van der Waals surface area contributed by atoms with Crippen molar-refractivity contribution in [2.75, 3.05) is 25.4 Å². The Kier molecular flexibility index (Phi) is 5.62. The van der Waals surface area contributed by atoms with E-state index in [9.17, 15) is 9.18 Å². The monoisotopic (exact) mass is 394 g/mol. The maximum atomic E-state index is 13.1. The molecule has 3 N–H and O–H groups in total. The summed E-state index contributed by atoms with van der Waals surface area (Å²) in [6.07, 6.45) is 5.94. The Bertz CT molecular complexity index is 869. The lowest BCUT2D eigenvalue weighted by atomic mass is 10.1. The lowest BCUT2D eigenvalue weighted by Gasteiger charge is -2.27. The summed E-state index contributed by atoms with van der Waals surface area (Å²) >= 11 is 0.